The molecule has 0 fully saturated rings. The average Bonchev–Trinajstić information content (AvgIpc) is 2.30. The number of carboxylic acid groups (broad SMARTS) is 4. The molecule has 0 aromatic carbocycles. The van der Waals surface area contributed by atoms with Crippen LogP contribution in [0.25, 0.3) is 0 Å². The van der Waals surface area contributed by atoms with Gasteiger partial charge in [0.2, 0.25) is 0 Å². The van der Waals surface area contributed by atoms with Crippen molar-refractivity contribution in [1.29, 1.82) is 0 Å². The maximum atomic E-state index is 11.0. The van der Waals surface area contributed by atoms with Crippen LogP contribution in [-0.2, 0) is 19.2 Å². The van der Waals surface area contributed by atoms with E-state index in [2.05, 4.69) is 5.43 Å². The van der Waals surface area contributed by atoms with Crippen molar-refractivity contribution in [1.82, 2.24) is 10.4 Å². The number of aliphatic carboxylic acids is 4. The number of likely N-dealkylation sites (N-methyl/N-ethyl adjacent to an activating group) is 1. The Kier molecular flexibility index (Phi) is 7.18. The quantitative estimate of drug-likeness (QED) is 0.304. The zero-order valence-electron chi connectivity index (χ0n) is 10.6. The van der Waals surface area contributed by atoms with Gasteiger partial charge in [0.05, 0.1) is 12.8 Å². The Balaban J connectivity index is 5.01. The number of hydrogen-bond donors (Lipinski definition) is 5. The van der Waals surface area contributed by atoms with Crippen LogP contribution in [0.3, 0.4) is 0 Å². The first-order valence-corrected chi connectivity index (χ1v) is 5.61. The van der Waals surface area contributed by atoms with Gasteiger partial charge in [-0.05, 0) is 0 Å². The highest BCUT2D eigenvalue weighted by atomic mass is 16.4. The number of rotatable bonds is 10. The maximum absolute atomic E-state index is 11.0. The lowest BCUT2D eigenvalue weighted by Crippen LogP contribution is -2.56. The predicted octanol–water partition coefficient (Wildman–Crippen LogP) is -1.33. The molecule has 0 aliphatic heterocycles. The monoisotopic (exact) mass is 292 g/mol. The minimum absolute atomic E-state index is 0.0202. The van der Waals surface area contributed by atoms with Crippen LogP contribution in [0, 0.1) is 0 Å². The third-order valence-corrected chi connectivity index (χ3v) is 2.37. The van der Waals surface area contributed by atoms with Crippen molar-refractivity contribution in [2.45, 2.75) is 31.8 Å². The minimum Gasteiger partial charge on any atom is -0.481 e. The number of nitrogens with zero attached hydrogens (tertiary/aromatic N) is 1. The Morgan fingerprint density at radius 2 is 1.45 bits per heavy atom. The van der Waals surface area contributed by atoms with E-state index in [1.54, 1.807) is 0 Å². The second-order valence-electron chi connectivity index (χ2n) is 3.86. The topological polar surface area (TPSA) is 164 Å². The van der Waals surface area contributed by atoms with Gasteiger partial charge in [0.1, 0.15) is 12.1 Å². The average molecular weight is 292 g/mol. The van der Waals surface area contributed by atoms with E-state index in [9.17, 15) is 19.2 Å². The molecule has 0 aromatic heterocycles. The van der Waals surface area contributed by atoms with Crippen molar-refractivity contribution >= 4 is 23.9 Å². The SMILES string of the molecule is CCN(N[C@@H](CC(=O)O)C(=O)O)[C@@H](CC(=O)O)C(=O)O. The fourth-order valence-corrected chi connectivity index (χ4v) is 1.46. The van der Waals surface area contributed by atoms with Crippen LogP contribution in [-0.4, -0.2) is 67.9 Å². The molecule has 20 heavy (non-hydrogen) atoms. The van der Waals surface area contributed by atoms with Gasteiger partial charge >= 0.3 is 23.9 Å². The first kappa shape index (κ1) is 17.8. The van der Waals surface area contributed by atoms with Gasteiger partial charge in [0.25, 0.3) is 0 Å². The molecule has 0 saturated heterocycles. The molecule has 0 rings (SSSR count). The fourth-order valence-electron chi connectivity index (χ4n) is 1.46. The lowest BCUT2D eigenvalue weighted by Gasteiger charge is -2.29. The van der Waals surface area contributed by atoms with Crippen molar-refractivity contribution in [3.63, 3.8) is 0 Å². The van der Waals surface area contributed by atoms with Gasteiger partial charge in [-0.1, -0.05) is 6.92 Å². The highest BCUT2D eigenvalue weighted by molar-refractivity contribution is 5.81. The molecular formula is C10H16N2O8. The van der Waals surface area contributed by atoms with E-state index >= 15 is 0 Å². The van der Waals surface area contributed by atoms with E-state index in [0.717, 1.165) is 5.01 Å². The van der Waals surface area contributed by atoms with Gasteiger partial charge in [-0.3, -0.25) is 19.2 Å². The molecule has 0 saturated carbocycles. The Hall–Kier alpha value is -2.20. The summed E-state index contributed by atoms with van der Waals surface area (Å²) in [6, 6.07) is -3.06. The molecule has 0 aliphatic carbocycles. The predicted molar refractivity (Wildman–Crippen MR) is 62.9 cm³/mol. The number of carbonyl (C=O) groups is 4. The van der Waals surface area contributed by atoms with Crippen LogP contribution in [0.1, 0.15) is 19.8 Å². The highest BCUT2D eigenvalue weighted by Gasteiger charge is 2.31. The van der Waals surface area contributed by atoms with E-state index in [0.29, 0.717) is 0 Å². The zero-order chi connectivity index (χ0) is 15.9. The van der Waals surface area contributed by atoms with Gasteiger partial charge in [0, 0.05) is 6.54 Å². The molecule has 0 radical (unpaired) electrons. The van der Waals surface area contributed by atoms with Crippen molar-refractivity contribution in [3.05, 3.63) is 0 Å². The Labute approximate surface area is 113 Å². The molecule has 114 valence electrons. The molecule has 10 nitrogen and oxygen atoms in total. The first-order valence-electron chi connectivity index (χ1n) is 5.61. The van der Waals surface area contributed by atoms with Crippen molar-refractivity contribution in [3.8, 4) is 0 Å². The van der Waals surface area contributed by atoms with Crippen molar-refractivity contribution < 1.29 is 39.6 Å². The molecule has 2 atom stereocenters. The summed E-state index contributed by atoms with van der Waals surface area (Å²) in [5, 5.41) is 35.9. The summed E-state index contributed by atoms with van der Waals surface area (Å²) < 4.78 is 0. The largest absolute Gasteiger partial charge is 0.481 e. The lowest BCUT2D eigenvalue weighted by atomic mass is 10.2. The standard InChI is InChI=1S/C10H16N2O8/c1-2-12(6(10(19)20)4-8(15)16)11-5(9(17)18)3-7(13)14/h5-6,11H,2-4H2,1H3,(H,13,14)(H,15,16)(H,17,18)(H,19,20)/t5-,6-/m0/s1. The summed E-state index contributed by atoms with van der Waals surface area (Å²) in [6.45, 7) is 1.46. The smallest absolute Gasteiger partial charge is 0.322 e. The van der Waals surface area contributed by atoms with Gasteiger partial charge in [0.15, 0.2) is 0 Å². The summed E-state index contributed by atoms with van der Waals surface area (Å²) in [4.78, 5) is 43.0. The first-order chi connectivity index (χ1) is 9.18. The van der Waals surface area contributed by atoms with Gasteiger partial charge in [-0.2, -0.15) is 0 Å². The summed E-state index contributed by atoms with van der Waals surface area (Å²) in [5.74, 6) is -5.69. The van der Waals surface area contributed by atoms with Crippen LogP contribution in [0.4, 0.5) is 0 Å². The molecule has 0 spiro atoms. The summed E-state index contributed by atoms with van der Waals surface area (Å²) in [7, 11) is 0. The fraction of sp³-hybridized carbons (Fsp3) is 0.600. The van der Waals surface area contributed by atoms with Gasteiger partial charge in [-0.15, -0.1) is 0 Å². The molecule has 0 bridgehead atoms. The molecule has 0 aliphatic rings. The summed E-state index contributed by atoms with van der Waals surface area (Å²) >= 11 is 0. The highest BCUT2D eigenvalue weighted by Crippen LogP contribution is 2.05. The van der Waals surface area contributed by atoms with Gasteiger partial charge < -0.3 is 20.4 Å². The number of carboxylic acids is 4. The lowest BCUT2D eigenvalue weighted by molar-refractivity contribution is -0.154. The van der Waals surface area contributed by atoms with E-state index < -0.39 is 48.8 Å². The van der Waals surface area contributed by atoms with Crippen LogP contribution >= 0.6 is 0 Å². The van der Waals surface area contributed by atoms with Crippen molar-refractivity contribution in [2.24, 2.45) is 0 Å². The van der Waals surface area contributed by atoms with E-state index in [-0.39, 0.29) is 6.54 Å². The Morgan fingerprint density at radius 3 is 1.75 bits per heavy atom. The molecule has 0 amide bonds. The van der Waals surface area contributed by atoms with Crippen LogP contribution < -0.4 is 5.43 Å². The second-order valence-corrected chi connectivity index (χ2v) is 3.86. The third-order valence-electron chi connectivity index (χ3n) is 2.37. The van der Waals surface area contributed by atoms with E-state index in [1.165, 1.54) is 6.92 Å². The maximum Gasteiger partial charge on any atom is 0.322 e. The number of nitrogens with one attached hydrogen (secondary N) is 1. The third kappa shape index (κ3) is 6.11. The molecule has 0 aromatic rings. The Morgan fingerprint density at radius 1 is 0.950 bits per heavy atom. The molecule has 5 N–H and O–H groups in total. The number of hydrazine groups is 1. The summed E-state index contributed by atoms with van der Waals surface area (Å²) in [5.41, 5.74) is 2.23. The van der Waals surface area contributed by atoms with Crippen molar-refractivity contribution in [2.75, 3.05) is 6.54 Å². The minimum atomic E-state index is -1.55. The van der Waals surface area contributed by atoms with E-state index in [1.807, 2.05) is 0 Å². The van der Waals surface area contributed by atoms with Crippen LogP contribution in [0.5, 0.6) is 0 Å². The number of hydrogen-bond acceptors (Lipinski definition) is 6. The van der Waals surface area contributed by atoms with Crippen LogP contribution in [0.2, 0.25) is 0 Å². The Bertz CT molecular complexity index is 397. The molecule has 10 heteroatoms. The summed E-state index contributed by atoms with van der Waals surface area (Å²) in [6.07, 6.45) is -1.53. The molecule has 0 unspecified atom stereocenters. The van der Waals surface area contributed by atoms with E-state index in [4.69, 9.17) is 20.4 Å². The van der Waals surface area contributed by atoms with Gasteiger partial charge in [-0.25, -0.2) is 10.4 Å². The molecule has 0 heterocycles. The second kappa shape index (κ2) is 8.07. The molecular weight excluding hydrogens is 276 g/mol. The normalized spacial score (nSPS) is 13.7. The van der Waals surface area contributed by atoms with Crippen LogP contribution in [0.15, 0.2) is 0 Å². The zero-order valence-corrected chi connectivity index (χ0v) is 10.6.